The van der Waals surface area contributed by atoms with E-state index in [9.17, 15) is 9.59 Å². The number of carbonyl (C=O) groups is 2. The van der Waals surface area contributed by atoms with Crippen molar-refractivity contribution in [1.29, 1.82) is 0 Å². The molecule has 0 aliphatic heterocycles. The normalized spacial score (nSPS) is 12.4. The highest BCUT2D eigenvalue weighted by atomic mass is 16.5. The quantitative estimate of drug-likeness (QED) is 0.323. The van der Waals surface area contributed by atoms with E-state index in [4.69, 9.17) is 9.47 Å². The minimum Gasteiger partial charge on any atom is -0.497 e. The number of methoxy groups -OCH3 is 2. The monoisotopic (exact) mass is 488 g/mol. The van der Waals surface area contributed by atoms with Gasteiger partial charge < -0.3 is 19.3 Å². The van der Waals surface area contributed by atoms with E-state index in [-0.39, 0.29) is 23.9 Å². The Balaban J connectivity index is 1.93. The molecule has 3 aromatic carbocycles. The lowest BCUT2D eigenvalue weighted by molar-refractivity contribution is 0.0969. The van der Waals surface area contributed by atoms with Gasteiger partial charge in [-0.2, -0.15) is 0 Å². The highest BCUT2D eigenvalue weighted by molar-refractivity contribution is 6.08. The van der Waals surface area contributed by atoms with Crippen molar-refractivity contribution in [3.8, 4) is 11.5 Å². The summed E-state index contributed by atoms with van der Waals surface area (Å²) in [4.78, 5) is 30.6. The van der Waals surface area contributed by atoms with Gasteiger partial charge in [0.1, 0.15) is 11.5 Å². The number of carbonyl (C=O) groups excluding carboxylic acids is 2. The van der Waals surface area contributed by atoms with E-state index in [1.54, 1.807) is 62.8 Å². The SMILES string of the molecule is CC[C@H](C)N(C(=O)c1ccc(OC)cc1)c1ccc(N(C(=O)c2ccc(OC)cc2)[C@@H](C)CC)cc1. The number of nitrogens with zero attached hydrogens (tertiary/aromatic N) is 2. The van der Waals surface area contributed by atoms with Gasteiger partial charge in [-0.25, -0.2) is 0 Å². The van der Waals surface area contributed by atoms with E-state index in [2.05, 4.69) is 13.8 Å². The highest BCUT2D eigenvalue weighted by Crippen LogP contribution is 2.28. The number of benzene rings is 3. The van der Waals surface area contributed by atoms with E-state index < -0.39 is 0 Å². The van der Waals surface area contributed by atoms with Crippen LogP contribution < -0.4 is 19.3 Å². The molecule has 0 unspecified atom stereocenters. The Kier molecular flexibility index (Phi) is 9.12. The number of hydrogen-bond donors (Lipinski definition) is 0. The summed E-state index contributed by atoms with van der Waals surface area (Å²) in [5.74, 6) is 1.26. The average Bonchev–Trinajstić information content (AvgIpc) is 2.93. The Morgan fingerprint density at radius 3 is 1.17 bits per heavy atom. The van der Waals surface area contributed by atoms with Crippen molar-refractivity contribution in [3.63, 3.8) is 0 Å². The van der Waals surface area contributed by atoms with Gasteiger partial charge in [-0.1, -0.05) is 13.8 Å². The molecular weight excluding hydrogens is 452 g/mol. The maximum absolute atomic E-state index is 13.5. The zero-order valence-corrected chi connectivity index (χ0v) is 22.0. The number of hydrogen-bond acceptors (Lipinski definition) is 4. The van der Waals surface area contributed by atoms with Gasteiger partial charge in [0.05, 0.1) is 14.2 Å². The molecule has 36 heavy (non-hydrogen) atoms. The summed E-state index contributed by atoms with van der Waals surface area (Å²) in [6.45, 7) is 8.19. The molecule has 0 N–H and O–H groups in total. The van der Waals surface area contributed by atoms with Crippen molar-refractivity contribution in [2.24, 2.45) is 0 Å². The molecule has 0 bridgehead atoms. The van der Waals surface area contributed by atoms with E-state index in [0.717, 1.165) is 24.2 Å². The number of ether oxygens (including phenoxy) is 2. The summed E-state index contributed by atoms with van der Waals surface area (Å²) < 4.78 is 10.5. The number of amides is 2. The summed E-state index contributed by atoms with van der Waals surface area (Å²) in [7, 11) is 3.21. The van der Waals surface area contributed by atoms with Gasteiger partial charge in [0, 0.05) is 34.6 Å². The van der Waals surface area contributed by atoms with Gasteiger partial charge in [0.2, 0.25) is 0 Å². The lowest BCUT2D eigenvalue weighted by atomic mass is 10.1. The molecule has 0 aliphatic rings. The lowest BCUT2D eigenvalue weighted by Crippen LogP contribution is -2.39. The molecule has 6 heteroatoms. The highest BCUT2D eigenvalue weighted by Gasteiger charge is 2.25. The second-order valence-corrected chi connectivity index (χ2v) is 8.84. The van der Waals surface area contributed by atoms with Crippen LogP contribution in [0.15, 0.2) is 72.8 Å². The smallest absolute Gasteiger partial charge is 0.258 e. The largest absolute Gasteiger partial charge is 0.497 e. The maximum Gasteiger partial charge on any atom is 0.258 e. The first-order chi connectivity index (χ1) is 17.3. The van der Waals surface area contributed by atoms with Crippen LogP contribution in [0.3, 0.4) is 0 Å². The van der Waals surface area contributed by atoms with Crippen LogP contribution in [-0.2, 0) is 0 Å². The van der Waals surface area contributed by atoms with Gasteiger partial charge in [0.15, 0.2) is 0 Å². The van der Waals surface area contributed by atoms with Crippen LogP contribution in [0.25, 0.3) is 0 Å². The molecule has 2 atom stereocenters. The molecule has 0 heterocycles. The minimum atomic E-state index is -0.0761. The molecule has 6 nitrogen and oxygen atoms in total. The fraction of sp³-hybridized carbons (Fsp3) is 0.333. The molecule has 0 aromatic heterocycles. The molecule has 0 aliphatic carbocycles. The lowest BCUT2D eigenvalue weighted by Gasteiger charge is -2.31. The second-order valence-electron chi connectivity index (χ2n) is 8.84. The van der Waals surface area contributed by atoms with Crippen molar-refractivity contribution in [3.05, 3.63) is 83.9 Å². The van der Waals surface area contributed by atoms with Gasteiger partial charge in [0.25, 0.3) is 11.8 Å². The fourth-order valence-electron chi connectivity index (χ4n) is 4.03. The molecule has 0 spiro atoms. The Bertz CT molecular complexity index is 1050. The molecule has 190 valence electrons. The third-order valence-corrected chi connectivity index (χ3v) is 6.58. The number of anilines is 2. The first-order valence-corrected chi connectivity index (χ1v) is 12.4. The van der Waals surface area contributed by atoms with E-state index in [1.165, 1.54) is 0 Å². The van der Waals surface area contributed by atoms with Crippen LogP contribution >= 0.6 is 0 Å². The first-order valence-electron chi connectivity index (χ1n) is 12.4. The van der Waals surface area contributed by atoms with Crippen LogP contribution in [0.5, 0.6) is 11.5 Å². The van der Waals surface area contributed by atoms with Crippen molar-refractivity contribution in [2.45, 2.75) is 52.6 Å². The topological polar surface area (TPSA) is 59.1 Å². The van der Waals surface area contributed by atoms with E-state index in [0.29, 0.717) is 22.6 Å². The average molecular weight is 489 g/mol. The Morgan fingerprint density at radius 1 is 0.611 bits per heavy atom. The predicted octanol–water partition coefficient (Wildman–Crippen LogP) is 6.59. The van der Waals surface area contributed by atoms with Crippen LogP contribution in [0.1, 0.15) is 61.3 Å². The molecular formula is C30H36N2O4. The van der Waals surface area contributed by atoms with Crippen molar-refractivity contribution < 1.29 is 19.1 Å². The third-order valence-electron chi connectivity index (χ3n) is 6.58. The second kappa shape index (κ2) is 12.2. The molecule has 0 saturated carbocycles. The molecule has 0 fully saturated rings. The van der Waals surface area contributed by atoms with Gasteiger partial charge in [-0.15, -0.1) is 0 Å². The molecule has 0 radical (unpaired) electrons. The van der Waals surface area contributed by atoms with Crippen molar-refractivity contribution in [1.82, 2.24) is 0 Å². The predicted molar refractivity (Wildman–Crippen MR) is 146 cm³/mol. The Hall–Kier alpha value is -3.80. The minimum absolute atomic E-state index is 0.00273. The standard InChI is InChI=1S/C30H36N2O4/c1-7-21(3)31(29(33)23-9-17-27(35-5)18-10-23)25-13-15-26(16-14-25)32(22(4)8-2)30(34)24-11-19-28(36-6)20-12-24/h9-22H,7-8H2,1-6H3/t21-,22-/m0/s1. The Morgan fingerprint density at radius 2 is 0.917 bits per heavy atom. The first kappa shape index (κ1) is 26.8. The van der Waals surface area contributed by atoms with Gasteiger partial charge in [-0.3, -0.25) is 9.59 Å². The third kappa shape index (κ3) is 5.88. The maximum atomic E-state index is 13.5. The summed E-state index contributed by atoms with van der Waals surface area (Å²) in [6, 6.07) is 21.9. The summed E-state index contributed by atoms with van der Waals surface area (Å²) in [5.41, 5.74) is 2.76. The molecule has 0 saturated heterocycles. The van der Waals surface area contributed by atoms with Crippen LogP contribution in [-0.4, -0.2) is 38.1 Å². The van der Waals surface area contributed by atoms with Crippen LogP contribution in [0.4, 0.5) is 11.4 Å². The van der Waals surface area contributed by atoms with Crippen LogP contribution in [0.2, 0.25) is 0 Å². The van der Waals surface area contributed by atoms with E-state index in [1.807, 2.05) is 47.9 Å². The van der Waals surface area contributed by atoms with Gasteiger partial charge in [-0.05, 0) is 99.5 Å². The summed E-state index contributed by atoms with van der Waals surface area (Å²) >= 11 is 0. The van der Waals surface area contributed by atoms with E-state index >= 15 is 0 Å². The fourth-order valence-corrected chi connectivity index (χ4v) is 4.03. The molecule has 3 rings (SSSR count). The van der Waals surface area contributed by atoms with Crippen molar-refractivity contribution in [2.75, 3.05) is 24.0 Å². The van der Waals surface area contributed by atoms with Crippen molar-refractivity contribution >= 4 is 23.2 Å². The van der Waals surface area contributed by atoms with Crippen LogP contribution in [0, 0.1) is 0 Å². The zero-order chi connectivity index (χ0) is 26.2. The zero-order valence-electron chi connectivity index (χ0n) is 22.0. The Labute approximate surface area is 214 Å². The molecule has 2 amide bonds. The molecule has 3 aromatic rings. The summed E-state index contributed by atoms with van der Waals surface area (Å²) in [5, 5.41) is 0. The van der Waals surface area contributed by atoms with Gasteiger partial charge >= 0.3 is 0 Å². The number of rotatable bonds is 10. The summed E-state index contributed by atoms with van der Waals surface area (Å²) in [6.07, 6.45) is 1.61.